The van der Waals surface area contributed by atoms with E-state index in [1.54, 1.807) is 14.2 Å². The fourth-order valence-electron chi connectivity index (χ4n) is 4.32. The van der Waals surface area contributed by atoms with Gasteiger partial charge in [-0.2, -0.15) is 0 Å². The normalized spacial score (nSPS) is 16.3. The van der Waals surface area contributed by atoms with Gasteiger partial charge in [-0.15, -0.1) is 0 Å². The first-order valence-corrected chi connectivity index (χ1v) is 13.8. The van der Waals surface area contributed by atoms with E-state index in [2.05, 4.69) is 16.7 Å². The Hall–Kier alpha value is -2.81. The second kappa shape index (κ2) is 17.6. The number of nitrogens with zero attached hydrogens (tertiary/aromatic N) is 2. The number of carbonyl (C=O) groups is 1. The van der Waals surface area contributed by atoms with Gasteiger partial charge in [0.2, 0.25) is 5.91 Å². The smallest absolute Gasteiger partial charge is 0.225 e. The van der Waals surface area contributed by atoms with Gasteiger partial charge in [-0.05, 0) is 62.9 Å². The van der Waals surface area contributed by atoms with Crippen LogP contribution in [0.3, 0.4) is 0 Å². The number of unbranched alkanes of at least 4 members (excludes halogenated alkanes) is 1. The highest BCUT2D eigenvalue weighted by atomic mass is 16.5. The van der Waals surface area contributed by atoms with Crippen LogP contribution in [0, 0.1) is 17.8 Å². The van der Waals surface area contributed by atoms with Gasteiger partial charge < -0.3 is 14.4 Å². The second-order valence-electron chi connectivity index (χ2n) is 9.34. The molecule has 2 aromatic carbocycles. The molecule has 1 aliphatic heterocycles. The summed E-state index contributed by atoms with van der Waals surface area (Å²) in [6, 6.07) is 18.3. The van der Waals surface area contributed by atoms with E-state index in [1.807, 2.05) is 80.4 Å². The Balaban J connectivity index is 0.000000247. The minimum absolute atomic E-state index is 0.339. The Morgan fingerprint density at radius 2 is 1.68 bits per heavy atom. The summed E-state index contributed by atoms with van der Waals surface area (Å²) in [5.41, 5.74) is 1.92. The van der Waals surface area contributed by atoms with Gasteiger partial charge in [0.05, 0.1) is 19.3 Å². The van der Waals surface area contributed by atoms with Crippen molar-refractivity contribution in [1.29, 1.82) is 0 Å². The van der Waals surface area contributed by atoms with Gasteiger partial charge in [0.1, 0.15) is 5.75 Å². The molecule has 0 bridgehead atoms. The molecule has 2 aromatic rings. The fraction of sp³-hybridized carbons (Fsp3) is 0.531. The summed E-state index contributed by atoms with van der Waals surface area (Å²) < 4.78 is 10.4. The lowest BCUT2D eigenvalue weighted by Crippen LogP contribution is -2.50. The van der Waals surface area contributed by atoms with Crippen molar-refractivity contribution in [2.45, 2.75) is 58.4 Å². The summed E-state index contributed by atoms with van der Waals surface area (Å²) in [7, 11) is 5.39. The van der Waals surface area contributed by atoms with E-state index in [4.69, 9.17) is 9.47 Å². The number of ether oxygens (including phenoxy) is 2. The number of hydrogen-bond donors (Lipinski definition) is 0. The zero-order valence-electron chi connectivity index (χ0n) is 23.5. The molecule has 1 aliphatic carbocycles. The Morgan fingerprint density at radius 1 is 0.973 bits per heavy atom. The van der Waals surface area contributed by atoms with Gasteiger partial charge in [0.25, 0.3) is 0 Å². The van der Waals surface area contributed by atoms with Crippen molar-refractivity contribution >= 4 is 5.91 Å². The van der Waals surface area contributed by atoms with E-state index in [0.717, 1.165) is 55.8 Å². The maximum Gasteiger partial charge on any atom is 0.225 e. The zero-order valence-corrected chi connectivity index (χ0v) is 23.5. The standard InChI is InChI=1S/C15H28N2O2.C15H12O.C2H6/c1-16(15(18)13-6-5-7-13)9-3-4-10-17-11-8-14(17)12-19-2;1-16-15-10-6-5-9-14(15)12-11-13-7-3-2-4-8-13;1-2/h13-14H,3-12H2,1-2H3;2-10H,1H3;1-2H3. The predicted molar refractivity (Wildman–Crippen MR) is 153 cm³/mol. The number of para-hydroxylation sites is 1. The number of rotatable bonds is 9. The average Bonchev–Trinajstić information content (AvgIpc) is 2.91. The number of hydrogen-bond acceptors (Lipinski definition) is 4. The minimum Gasteiger partial charge on any atom is -0.495 e. The third kappa shape index (κ3) is 10.2. The van der Waals surface area contributed by atoms with Gasteiger partial charge in [-0.25, -0.2) is 0 Å². The predicted octanol–water partition coefficient (Wildman–Crippen LogP) is 5.87. The van der Waals surface area contributed by atoms with Gasteiger partial charge >= 0.3 is 0 Å². The average molecular weight is 507 g/mol. The Kier molecular flexibility index (Phi) is 14.5. The zero-order chi connectivity index (χ0) is 26.9. The first-order chi connectivity index (χ1) is 18.1. The molecule has 4 rings (SSSR count). The maximum atomic E-state index is 12.0. The van der Waals surface area contributed by atoms with Gasteiger partial charge in [-0.3, -0.25) is 9.69 Å². The SMILES string of the molecule is CC.COCC1CCN1CCCCN(C)C(=O)C1CCC1.COc1ccccc1C#Cc1ccccc1. The van der Waals surface area contributed by atoms with Crippen LogP contribution in [0.25, 0.3) is 0 Å². The fourth-order valence-corrected chi connectivity index (χ4v) is 4.32. The first kappa shape index (κ1) is 30.4. The maximum absolute atomic E-state index is 12.0. The van der Waals surface area contributed by atoms with Crippen LogP contribution in [0.4, 0.5) is 0 Å². The third-order valence-electron chi connectivity index (χ3n) is 6.87. The lowest BCUT2D eigenvalue weighted by atomic mass is 9.84. The Labute approximate surface area is 225 Å². The molecule has 1 heterocycles. The van der Waals surface area contributed by atoms with Crippen LogP contribution in [-0.4, -0.2) is 69.3 Å². The van der Waals surface area contributed by atoms with Crippen LogP contribution in [-0.2, 0) is 9.53 Å². The summed E-state index contributed by atoms with van der Waals surface area (Å²) in [4.78, 5) is 16.4. The summed E-state index contributed by atoms with van der Waals surface area (Å²) in [5, 5.41) is 0. The van der Waals surface area contributed by atoms with Gasteiger partial charge in [-0.1, -0.05) is 62.4 Å². The van der Waals surface area contributed by atoms with Crippen LogP contribution in [0.5, 0.6) is 5.75 Å². The number of methoxy groups -OCH3 is 2. The molecule has 0 N–H and O–H groups in total. The highest BCUT2D eigenvalue weighted by molar-refractivity contribution is 5.79. The van der Waals surface area contributed by atoms with Crippen molar-refractivity contribution in [2.24, 2.45) is 5.92 Å². The lowest BCUT2D eigenvalue weighted by Gasteiger charge is -2.40. The molecule has 1 saturated heterocycles. The van der Waals surface area contributed by atoms with Crippen molar-refractivity contribution < 1.29 is 14.3 Å². The quantitative estimate of drug-likeness (QED) is 0.315. The molecule has 1 saturated carbocycles. The van der Waals surface area contributed by atoms with Crippen molar-refractivity contribution in [2.75, 3.05) is 47.5 Å². The van der Waals surface area contributed by atoms with E-state index < -0.39 is 0 Å². The topological polar surface area (TPSA) is 42.0 Å². The highest BCUT2D eigenvalue weighted by Crippen LogP contribution is 2.28. The number of likely N-dealkylation sites (tertiary alicyclic amines) is 1. The molecular formula is C32H46N2O3. The van der Waals surface area contributed by atoms with Crippen LogP contribution in [0.1, 0.15) is 63.5 Å². The summed E-state index contributed by atoms with van der Waals surface area (Å²) in [6.07, 6.45) is 7.02. The van der Waals surface area contributed by atoms with Crippen LogP contribution < -0.4 is 4.74 Å². The molecule has 5 nitrogen and oxygen atoms in total. The van der Waals surface area contributed by atoms with Crippen LogP contribution in [0.15, 0.2) is 54.6 Å². The molecule has 202 valence electrons. The molecule has 0 aromatic heterocycles. The molecule has 0 radical (unpaired) electrons. The van der Waals surface area contributed by atoms with Crippen molar-refractivity contribution in [1.82, 2.24) is 9.80 Å². The minimum atomic E-state index is 0.339. The van der Waals surface area contributed by atoms with E-state index >= 15 is 0 Å². The lowest BCUT2D eigenvalue weighted by molar-refractivity contribution is -0.136. The molecule has 0 spiro atoms. The monoisotopic (exact) mass is 506 g/mol. The highest BCUT2D eigenvalue weighted by Gasteiger charge is 2.28. The molecule has 2 fully saturated rings. The van der Waals surface area contributed by atoms with Gasteiger partial charge in [0, 0.05) is 44.8 Å². The molecule has 2 aliphatic rings. The first-order valence-electron chi connectivity index (χ1n) is 13.8. The van der Waals surface area contributed by atoms with Crippen molar-refractivity contribution in [3.8, 4) is 17.6 Å². The summed E-state index contributed by atoms with van der Waals surface area (Å²) in [5.74, 6) is 7.73. The van der Waals surface area contributed by atoms with E-state index in [-0.39, 0.29) is 0 Å². The van der Waals surface area contributed by atoms with E-state index in [0.29, 0.717) is 17.9 Å². The Bertz CT molecular complexity index is 963. The largest absolute Gasteiger partial charge is 0.495 e. The molecule has 5 heteroatoms. The number of carbonyl (C=O) groups excluding carboxylic acids is 1. The number of amides is 1. The molecular weight excluding hydrogens is 460 g/mol. The molecule has 37 heavy (non-hydrogen) atoms. The number of benzene rings is 2. The van der Waals surface area contributed by atoms with Crippen molar-refractivity contribution in [3.05, 3.63) is 65.7 Å². The van der Waals surface area contributed by atoms with Crippen LogP contribution in [0.2, 0.25) is 0 Å². The van der Waals surface area contributed by atoms with E-state index in [1.165, 1.54) is 25.8 Å². The summed E-state index contributed by atoms with van der Waals surface area (Å²) in [6.45, 7) is 8.14. The molecule has 1 unspecified atom stereocenters. The van der Waals surface area contributed by atoms with Crippen molar-refractivity contribution in [3.63, 3.8) is 0 Å². The van der Waals surface area contributed by atoms with Gasteiger partial charge in [0.15, 0.2) is 0 Å². The van der Waals surface area contributed by atoms with E-state index in [9.17, 15) is 4.79 Å². The van der Waals surface area contributed by atoms with Crippen LogP contribution >= 0.6 is 0 Å². The third-order valence-corrected chi connectivity index (χ3v) is 6.87. The summed E-state index contributed by atoms with van der Waals surface area (Å²) >= 11 is 0. The molecule has 1 atom stereocenters. The Morgan fingerprint density at radius 3 is 2.27 bits per heavy atom. The molecule has 1 amide bonds. The second-order valence-corrected chi connectivity index (χ2v) is 9.34.